The van der Waals surface area contributed by atoms with Gasteiger partial charge < -0.3 is 31.9 Å². The van der Waals surface area contributed by atoms with Crippen LogP contribution in [0.1, 0.15) is 6.92 Å². The van der Waals surface area contributed by atoms with Gasteiger partial charge in [-0.3, -0.25) is 14.4 Å². The zero-order chi connectivity index (χ0) is 18.9. The smallest absolute Gasteiger partial charge is 0.327 e. The first-order chi connectivity index (χ1) is 11.2. The van der Waals surface area contributed by atoms with Gasteiger partial charge in [0, 0.05) is 11.5 Å². The Kier molecular flexibility index (Phi) is 10.4. The molecule has 10 nitrogen and oxygen atoms in total. The minimum absolute atomic E-state index is 0.129. The van der Waals surface area contributed by atoms with Gasteiger partial charge in [-0.05, 0) is 6.92 Å². The van der Waals surface area contributed by atoms with Crippen molar-refractivity contribution in [2.75, 3.05) is 18.1 Å². The van der Waals surface area contributed by atoms with Crippen molar-refractivity contribution in [2.24, 2.45) is 5.73 Å². The highest BCUT2D eigenvalue weighted by Crippen LogP contribution is 1.96. The quantitative estimate of drug-likeness (QED) is 0.183. The zero-order valence-electron chi connectivity index (χ0n) is 12.9. The van der Waals surface area contributed by atoms with Gasteiger partial charge in [-0.1, -0.05) is 0 Å². The lowest BCUT2D eigenvalue weighted by Gasteiger charge is -2.22. The fourth-order valence-electron chi connectivity index (χ4n) is 1.42. The van der Waals surface area contributed by atoms with Crippen LogP contribution in [0.4, 0.5) is 0 Å². The van der Waals surface area contributed by atoms with Crippen molar-refractivity contribution >= 4 is 48.9 Å². The maximum Gasteiger partial charge on any atom is 0.327 e. The molecule has 0 aliphatic rings. The van der Waals surface area contributed by atoms with Crippen LogP contribution in [-0.2, 0) is 19.2 Å². The molecule has 12 heteroatoms. The first kappa shape index (κ1) is 22.5. The number of nitrogens with one attached hydrogen (secondary N) is 3. The maximum atomic E-state index is 12.0. The molecular weight excluding hydrogens is 360 g/mol. The van der Waals surface area contributed by atoms with Crippen LogP contribution in [0.3, 0.4) is 0 Å². The summed E-state index contributed by atoms with van der Waals surface area (Å²) >= 11 is 7.73. The van der Waals surface area contributed by atoms with Crippen molar-refractivity contribution in [3.63, 3.8) is 0 Å². The molecule has 0 fully saturated rings. The molecule has 24 heavy (non-hydrogen) atoms. The van der Waals surface area contributed by atoms with E-state index in [1.54, 1.807) is 0 Å². The van der Waals surface area contributed by atoms with Crippen LogP contribution in [-0.4, -0.2) is 76.2 Å². The van der Waals surface area contributed by atoms with E-state index in [1.807, 2.05) is 0 Å². The number of aliphatic carboxylic acids is 1. The molecular formula is C12H22N4O6S2. The lowest BCUT2D eigenvalue weighted by molar-refractivity contribution is -0.141. The normalized spacial score (nSPS) is 15.5. The largest absolute Gasteiger partial charge is 0.480 e. The second-order valence-electron chi connectivity index (χ2n) is 4.86. The van der Waals surface area contributed by atoms with Gasteiger partial charge in [-0.25, -0.2) is 4.79 Å². The molecule has 0 heterocycles. The van der Waals surface area contributed by atoms with Crippen LogP contribution in [0.25, 0.3) is 0 Å². The number of nitrogens with two attached hydrogens (primary N) is 1. The molecule has 0 aliphatic heterocycles. The van der Waals surface area contributed by atoms with E-state index >= 15 is 0 Å². The number of carboxylic acid groups (broad SMARTS) is 1. The number of rotatable bonds is 10. The van der Waals surface area contributed by atoms with E-state index in [9.17, 15) is 24.3 Å². The summed E-state index contributed by atoms with van der Waals surface area (Å²) < 4.78 is 0. The molecule has 0 radical (unpaired) electrons. The molecule has 0 aromatic heterocycles. The summed E-state index contributed by atoms with van der Waals surface area (Å²) in [6, 6.07) is -4.59. The summed E-state index contributed by atoms with van der Waals surface area (Å²) in [5.74, 6) is -3.82. The Labute approximate surface area is 149 Å². The summed E-state index contributed by atoms with van der Waals surface area (Å²) in [5, 5.41) is 24.7. The molecule has 0 saturated heterocycles. The number of thiol groups is 2. The highest BCUT2D eigenvalue weighted by Gasteiger charge is 2.28. The van der Waals surface area contributed by atoms with Crippen molar-refractivity contribution in [1.82, 2.24) is 16.0 Å². The molecule has 0 saturated carbocycles. The van der Waals surface area contributed by atoms with Crippen LogP contribution in [0.2, 0.25) is 0 Å². The van der Waals surface area contributed by atoms with Gasteiger partial charge in [0.2, 0.25) is 17.7 Å². The molecule has 0 bridgehead atoms. The lowest BCUT2D eigenvalue weighted by Crippen LogP contribution is -2.58. The molecule has 3 amide bonds. The van der Waals surface area contributed by atoms with Crippen molar-refractivity contribution in [1.29, 1.82) is 0 Å². The summed E-state index contributed by atoms with van der Waals surface area (Å²) in [5.41, 5.74) is 5.35. The average molecular weight is 382 g/mol. The Morgan fingerprint density at radius 2 is 1.33 bits per heavy atom. The van der Waals surface area contributed by atoms with E-state index in [4.69, 9.17) is 10.8 Å². The summed E-state index contributed by atoms with van der Waals surface area (Å²) in [6.45, 7) is 0.689. The number of carbonyl (C=O) groups is 4. The Balaban J connectivity index is 4.83. The van der Waals surface area contributed by atoms with Crippen molar-refractivity contribution in [2.45, 2.75) is 31.1 Å². The first-order valence-corrected chi connectivity index (χ1v) is 8.16. The van der Waals surface area contributed by atoms with Crippen LogP contribution >= 0.6 is 25.3 Å². The second kappa shape index (κ2) is 11.1. The minimum Gasteiger partial charge on any atom is -0.480 e. The summed E-state index contributed by atoms with van der Waals surface area (Å²) in [4.78, 5) is 46.4. The number of hydrogen-bond acceptors (Lipinski definition) is 8. The van der Waals surface area contributed by atoms with Crippen LogP contribution in [0.5, 0.6) is 0 Å². The second-order valence-corrected chi connectivity index (χ2v) is 5.59. The van der Waals surface area contributed by atoms with Gasteiger partial charge in [-0.15, -0.1) is 0 Å². The minimum atomic E-state index is -1.31. The standard InChI is InChI=1S/C12H22N4O6S2/c1-5(13)9(18)14-6(2-17)10(19)15-7(3-23)11(20)16-8(4-24)12(21)22/h5-8,17,23-24H,2-4,13H2,1H3,(H,14,18)(H,15,19)(H,16,20)(H,21,22). The van der Waals surface area contributed by atoms with Gasteiger partial charge in [0.15, 0.2) is 0 Å². The van der Waals surface area contributed by atoms with Gasteiger partial charge in [-0.2, -0.15) is 25.3 Å². The third-order valence-electron chi connectivity index (χ3n) is 2.84. The van der Waals surface area contributed by atoms with Crippen molar-refractivity contribution in [3.8, 4) is 0 Å². The van der Waals surface area contributed by atoms with E-state index in [0.29, 0.717) is 0 Å². The zero-order valence-corrected chi connectivity index (χ0v) is 14.7. The lowest BCUT2D eigenvalue weighted by atomic mass is 10.2. The van der Waals surface area contributed by atoms with E-state index in [0.717, 1.165) is 0 Å². The summed E-state index contributed by atoms with van der Waals surface area (Å²) in [7, 11) is 0. The monoisotopic (exact) mass is 382 g/mol. The fraction of sp³-hybridized carbons (Fsp3) is 0.667. The Morgan fingerprint density at radius 1 is 0.917 bits per heavy atom. The van der Waals surface area contributed by atoms with Crippen LogP contribution in [0.15, 0.2) is 0 Å². The molecule has 0 rings (SSSR count). The third kappa shape index (κ3) is 7.38. The number of aliphatic hydroxyl groups is 1. The maximum absolute atomic E-state index is 12.0. The van der Waals surface area contributed by atoms with E-state index in [-0.39, 0.29) is 11.5 Å². The fourth-order valence-corrected chi connectivity index (χ4v) is 1.93. The molecule has 7 N–H and O–H groups in total. The molecule has 0 aliphatic carbocycles. The molecule has 4 unspecified atom stereocenters. The third-order valence-corrected chi connectivity index (χ3v) is 3.57. The Hall–Kier alpha value is -1.50. The van der Waals surface area contributed by atoms with Crippen molar-refractivity contribution < 1.29 is 29.4 Å². The topological polar surface area (TPSA) is 171 Å². The first-order valence-electron chi connectivity index (χ1n) is 6.89. The van der Waals surface area contributed by atoms with Gasteiger partial charge in [0.05, 0.1) is 12.6 Å². The molecule has 138 valence electrons. The van der Waals surface area contributed by atoms with Crippen LogP contribution < -0.4 is 21.7 Å². The van der Waals surface area contributed by atoms with Gasteiger partial charge in [0.1, 0.15) is 18.1 Å². The molecule has 0 spiro atoms. The number of hydrogen-bond donors (Lipinski definition) is 8. The van der Waals surface area contributed by atoms with Gasteiger partial charge in [0.25, 0.3) is 0 Å². The highest BCUT2D eigenvalue weighted by atomic mass is 32.1. The van der Waals surface area contributed by atoms with Crippen LogP contribution in [0, 0.1) is 0 Å². The number of carbonyl (C=O) groups excluding carboxylic acids is 3. The molecule has 4 atom stereocenters. The predicted octanol–water partition coefficient (Wildman–Crippen LogP) is -3.28. The Morgan fingerprint density at radius 3 is 1.71 bits per heavy atom. The highest BCUT2D eigenvalue weighted by molar-refractivity contribution is 7.80. The summed E-state index contributed by atoms with van der Waals surface area (Å²) in [6.07, 6.45) is 0. The van der Waals surface area contributed by atoms with E-state index in [2.05, 4.69) is 41.2 Å². The van der Waals surface area contributed by atoms with Gasteiger partial charge >= 0.3 is 5.97 Å². The SMILES string of the molecule is CC(N)C(=O)NC(CO)C(=O)NC(CS)C(=O)NC(CS)C(=O)O. The predicted molar refractivity (Wildman–Crippen MR) is 91.9 cm³/mol. The number of amides is 3. The molecule has 0 aromatic carbocycles. The number of carboxylic acids is 1. The Bertz CT molecular complexity index is 476. The molecule has 0 aromatic rings. The van der Waals surface area contributed by atoms with E-state index < -0.39 is 54.5 Å². The average Bonchev–Trinajstić information content (AvgIpc) is 2.53. The van der Waals surface area contributed by atoms with Crippen molar-refractivity contribution in [3.05, 3.63) is 0 Å². The number of aliphatic hydroxyl groups excluding tert-OH is 1. The van der Waals surface area contributed by atoms with E-state index in [1.165, 1.54) is 6.92 Å².